The summed E-state index contributed by atoms with van der Waals surface area (Å²) in [4.78, 5) is 16.5. The third-order valence-corrected chi connectivity index (χ3v) is 4.42. The van der Waals surface area contributed by atoms with E-state index in [1.165, 1.54) is 6.20 Å². The minimum atomic E-state index is -0.0273. The summed E-state index contributed by atoms with van der Waals surface area (Å²) in [5.41, 5.74) is 4.58. The van der Waals surface area contributed by atoms with Crippen LogP contribution in [0.2, 0.25) is 0 Å². The first-order valence-electron chi connectivity index (χ1n) is 7.16. The van der Waals surface area contributed by atoms with E-state index in [-0.39, 0.29) is 5.91 Å². The lowest BCUT2D eigenvalue weighted by Crippen LogP contribution is -2.14. The van der Waals surface area contributed by atoms with Gasteiger partial charge >= 0.3 is 0 Å². The first-order valence-corrected chi connectivity index (χ1v) is 8.10. The monoisotopic (exact) mass is 325 g/mol. The zero-order chi connectivity index (χ0) is 16.4. The molecule has 0 fully saturated rings. The average Bonchev–Trinajstić information content (AvgIpc) is 3.16. The standard InChI is InChI=1S/C16H15N5OS/c1-10-14(3-4-15(22)20-13-5-6-23-9-13)11(2)21-16(19-10)12(7-17)8-18-21/h5-6,8-9H,3-4H2,1-2H3,(H,20,22). The Hall–Kier alpha value is -2.72. The molecule has 0 atom stereocenters. The van der Waals surface area contributed by atoms with Crippen molar-refractivity contribution in [3.63, 3.8) is 0 Å². The molecule has 0 saturated carbocycles. The van der Waals surface area contributed by atoms with Gasteiger partial charge in [-0.1, -0.05) is 0 Å². The molecule has 0 unspecified atom stereocenters. The first-order chi connectivity index (χ1) is 11.1. The number of fused-ring (bicyclic) bond motifs is 1. The molecular formula is C16H15N5OS. The van der Waals surface area contributed by atoms with Gasteiger partial charge in [0.15, 0.2) is 5.65 Å². The number of anilines is 1. The molecule has 0 aliphatic carbocycles. The van der Waals surface area contributed by atoms with Crippen molar-refractivity contribution in [1.82, 2.24) is 14.6 Å². The maximum Gasteiger partial charge on any atom is 0.224 e. The summed E-state index contributed by atoms with van der Waals surface area (Å²) in [6, 6.07) is 3.96. The molecule has 116 valence electrons. The third-order valence-electron chi connectivity index (χ3n) is 3.74. The second kappa shape index (κ2) is 6.18. The van der Waals surface area contributed by atoms with Gasteiger partial charge in [0, 0.05) is 23.2 Å². The molecule has 3 aromatic heterocycles. The highest BCUT2D eigenvalue weighted by Crippen LogP contribution is 2.19. The number of rotatable bonds is 4. The van der Waals surface area contributed by atoms with E-state index in [0.29, 0.717) is 24.1 Å². The molecule has 0 spiro atoms. The summed E-state index contributed by atoms with van der Waals surface area (Å²) in [6.07, 6.45) is 2.47. The third kappa shape index (κ3) is 2.94. The van der Waals surface area contributed by atoms with Crippen LogP contribution in [-0.2, 0) is 11.2 Å². The van der Waals surface area contributed by atoms with Crippen LogP contribution < -0.4 is 5.32 Å². The number of hydrogen-bond donors (Lipinski definition) is 1. The summed E-state index contributed by atoms with van der Waals surface area (Å²) in [6.45, 7) is 3.83. The van der Waals surface area contributed by atoms with E-state index in [1.54, 1.807) is 15.9 Å². The molecule has 6 nitrogen and oxygen atoms in total. The fourth-order valence-electron chi connectivity index (χ4n) is 2.55. The van der Waals surface area contributed by atoms with Crippen molar-refractivity contribution in [2.45, 2.75) is 26.7 Å². The predicted molar refractivity (Wildman–Crippen MR) is 88.4 cm³/mol. The Kier molecular flexibility index (Phi) is 4.08. The summed E-state index contributed by atoms with van der Waals surface area (Å²) in [5.74, 6) is -0.0273. The fraction of sp³-hybridized carbons (Fsp3) is 0.250. The van der Waals surface area contributed by atoms with E-state index in [4.69, 9.17) is 5.26 Å². The molecule has 1 amide bonds. The first kappa shape index (κ1) is 15.2. The van der Waals surface area contributed by atoms with Crippen molar-refractivity contribution >= 4 is 28.6 Å². The number of aromatic nitrogens is 3. The number of thiophene rings is 1. The van der Waals surface area contributed by atoms with Crippen molar-refractivity contribution in [1.29, 1.82) is 5.26 Å². The van der Waals surface area contributed by atoms with Crippen LogP contribution >= 0.6 is 11.3 Å². The lowest BCUT2D eigenvalue weighted by atomic mass is 10.1. The number of nitrogens with one attached hydrogen (secondary N) is 1. The maximum atomic E-state index is 12.0. The molecule has 0 saturated heterocycles. The summed E-state index contributed by atoms with van der Waals surface area (Å²) in [7, 11) is 0. The lowest BCUT2D eigenvalue weighted by molar-refractivity contribution is -0.116. The van der Waals surface area contributed by atoms with Gasteiger partial charge in [0.25, 0.3) is 0 Å². The second-order valence-corrected chi connectivity index (χ2v) is 6.01. The Morgan fingerprint density at radius 3 is 3.00 bits per heavy atom. The smallest absolute Gasteiger partial charge is 0.224 e. The van der Waals surface area contributed by atoms with Gasteiger partial charge in [0.2, 0.25) is 5.91 Å². The van der Waals surface area contributed by atoms with Gasteiger partial charge in [0.1, 0.15) is 11.6 Å². The zero-order valence-electron chi connectivity index (χ0n) is 12.8. The summed E-state index contributed by atoms with van der Waals surface area (Å²) < 4.78 is 1.66. The van der Waals surface area contributed by atoms with Gasteiger partial charge in [-0.15, -0.1) is 0 Å². The highest BCUT2D eigenvalue weighted by atomic mass is 32.1. The molecule has 0 radical (unpaired) electrons. The number of hydrogen-bond acceptors (Lipinski definition) is 5. The van der Waals surface area contributed by atoms with E-state index in [1.807, 2.05) is 30.7 Å². The number of carbonyl (C=O) groups excluding carboxylic acids is 1. The number of aryl methyl sites for hydroxylation is 2. The van der Waals surface area contributed by atoms with Crippen molar-refractivity contribution in [2.24, 2.45) is 0 Å². The van der Waals surface area contributed by atoms with Crippen LogP contribution in [0.4, 0.5) is 5.69 Å². The van der Waals surface area contributed by atoms with Crippen LogP contribution in [-0.4, -0.2) is 20.5 Å². The van der Waals surface area contributed by atoms with Crippen LogP contribution in [0, 0.1) is 25.2 Å². The van der Waals surface area contributed by atoms with Crippen LogP contribution in [0.15, 0.2) is 23.0 Å². The number of nitrogens with zero attached hydrogens (tertiary/aromatic N) is 4. The molecule has 0 aliphatic rings. The van der Waals surface area contributed by atoms with Crippen LogP contribution in [0.3, 0.4) is 0 Å². The Morgan fingerprint density at radius 1 is 1.48 bits per heavy atom. The van der Waals surface area contributed by atoms with Gasteiger partial charge in [-0.2, -0.15) is 21.7 Å². The Balaban J connectivity index is 1.80. The van der Waals surface area contributed by atoms with E-state index < -0.39 is 0 Å². The molecule has 1 N–H and O–H groups in total. The van der Waals surface area contributed by atoms with Crippen LogP contribution in [0.5, 0.6) is 0 Å². The van der Waals surface area contributed by atoms with Gasteiger partial charge in [-0.05, 0) is 37.3 Å². The zero-order valence-corrected chi connectivity index (χ0v) is 13.6. The highest BCUT2D eigenvalue weighted by molar-refractivity contribution is 7.08. The molecule has 0 bridgehead atoms. The highest BCUT2D eigenvalue weighted by Gasteiger charge is 2.14. The second-order valence-electron chi connectivity index (χ2n) is 5.23. The summed E-state index contributed by atoms with van der Waals surface area (Å²) >= 11 is 1.54. The van der Waals surface area contributed by atoms with Gasteiger partial charge in [-0.3, -0.25) is 4.79 Å². The normalized spacial score (nSPS) is 10.7. The number of amides is 1. The van der Waals surface area contributed by atoms with E-state index >= 15 is 0 Å². The quantitative estimate of drug-likeness (QED) is 0.799. The van der Waals surface area contributed by atoms with E-state index in [0.717, 1.165) is 22.6 Å². The molecule has 0 aliphatic heterocycles. The number of carbonyl (C=O) groups is 1. The van der Waals surface area contributed by atoms with Gasteiger partial charge in [-0.25, -0.2) is 9.50 Å². The number of nitriles is 1. The van der Waals surface area contributed by atoms with Crippen molar-refractivity contribution in [2.75, 3.05) is 5.32 Å². The Bertz CT molecular complexity index is 905. The fourth-order valence-corrected chi connectivity index (χ4v) is 3.14. The Labute approximate surface area is 137 Å². The largest absolute Gasteiger partial charge is 0.325 e. The van der Waals surface area contributed by atoms with Crippen molar-refractivity contribution in [3.05, 3.63) is 45.5 Å². The summed E-state index contributed by atoms with van der Waals surface area (Å²) in [5, 5.41) is 20.0. The van der Waals surface area contributed by atoms with Crippen molar-refractivity contribution in [3.8, 4) is 6.07 Å². The molecule has 23 heavy (non-hydrogen) atoms. The SMILES string of the molecule is Cc1nc2c(C#N)cnn2c(C)c1CCC(=O)Nc1ccsc1. The predicted octanol–water partition coefficient (Wildman–Crippen LogP) is 2.85. The maximum absolute atomic E-state index is 12.0. The van der Waals surface area contributed by atoms with Crippen LogP contribution in [0.1, 0.15) is 28.9 Å². The molecule has 7 heteroatoms. The van der Waals surface area contributed by atoms with E-state index in [9.17, 15) is 4.79 Å². The molecule has 3 aromatic rings. The molecular weight excluding hydrogens is 310 g/mol. The Morgan fingerprint density at radius 2 is 2.30 bits per heavy atom. The average molecular weight is 325 g/mol. The van der Waals surface area contributed by atoms with Crippen molar-refractivity contribution < 1.29 is 4.79 Å². The lowest BCUT2D eigenvalue weighted by Gasteiger charge is -2.11. The van der Waals surface area contributed by atoms with Crippen LogP contribution in [0.25, 0.3) is 5.65 Å². The van der Waals surface area contributed by atoms with E-state index in [2.05, 4.69) is 21.5 Å². The van der Waals surface area contributed by atoms with Gasteiger partial charge < -0.3 is 5.32 Å². The molecule has 0 aromatic carbocycles. The van der Waals surface area contributed by atoms with Gasteiger partial charge in [0.05, 0.1) is 11.9 Å². The molecule has 3 rings (SSSR count). The minimum absolute atomic E-state index is 0.0273. The topological polar surface area (TPSA) is 83.1 Å². The molecule has 3 heterocycles. The minimum Gasteiger partial charge on any atom is -0.325 e.